The van der Waals surface area contributed by atoms with Crippen molar-refractivity contribution in [2.45, 2.75) is 58.3 Å². The fourth-order valence-corrected chi connectivity index (χ4v) is 2.58. The third-order valence-electron chi connectivity index (χ3n) is 4.12. The van der Waals surface area contributed by atoms with Crippen LogP contribution in [0.25, 0.3) is 5.52 Å². The quantitative estimate of drug-likeness (QED) is 0.916. The zero-order valence-corrected chi connectivity index (χ0v) is 13.5. The van der Waals surface area contributed by atoms with Crippen LogP contribution < -0.4 is 5.73 Å². The summed E-state index contributed by atoms with van der Waals surface area (Å²) in [5.74, 6) is -0.261. The van der Waals surface area contributed by atoms with Gasteiger partial charge < -0.3 is 5.73 Å². The van der Waals surface area contributed by atoms with Crippen LogP contribution in [-0.4, -0.2) is 14.6 Å². The zero-order chi connectivity index (χ0) is 15.6. The summed E-state index contributed by atoms with van der Waals surface area (Å²) in [6, 6.07) is 0. The highest BCUT2D eigenvalue weighted by Crippen LogP contribution is 2.53. The van der Waals surface area contributed by atoms with Crippen LogP contribution in [-0.2, 0) is 5.41 Å². The maximum absolute atomic E-state index is 14.2. The number of hydrogen-bond donors (Lipinski definition) is 1. The minimum absolute atomic E-state index is 0.0831. The van der Waals surface area contributed by atoms with E-state index in [2.05, 4.69) is 23.9 Å². The summed E-state index contributed by atoms with van der Waals surface area (Å²) >= 11 is 5.97. The van der Waals surface area contributed by atoms with E-state index >= 15 is 0 Å². The lowest BCUT2D eigenvalue weighted by Gasteiger charge is -2.12. The highest BCUT2D eigenvalue weighted by molar-refractivity contribution is 6.34. The van der Waals surface area contributed by atoms with Gasteiger partial charge in [-0.1, -0.05) is 45.2 Å². The second-order valence-electron chi connectivity index (χ2n) is 5.52. The van der Waals surface area contributed by atoms with Crippen LogP contribution in [0, 0.1) is 5.82 Å². The highest BCUT2D eigenvalue weighted by Gasteiger charge is 2.47. The molecule has 0 unspecified atom stereocenters. The number of nitrogens with two attached hydrogens (primary N) is 1. The lowest BCUT2D eigenvalue weighted by Crippen LogP contribution is -2.13. The van der Waals surface area contributed by atoms with Crippen molar-refractivity contribution in [3.63, 3.8) is 0 Å². The molecular formula is C15H22ClFN4. The summed E-state index contributed by atoms with van der Waals surface area (Å²) in [6.45, 7) is 6.41. The standard InChI is InChI=1S/C11H12ClFN4.C4H10/c1-2-11(3-4-11)9-8(13)7(12)6-5-15-10(14)16-17(6)9;1-3-4-2/h5H,2-4H2,1H3,(H2,14,16);3-4H2,1-2H3. The normalized spacial score (nSPS) is 15.7. The summed E-state index contributed by atoms with van der Waals surface area (Å²) in [5.41, 5.74) is 6.45. The Balaban J connectivity index is 0.000000361. The maximum atomic E-state index is 14.2. The van der Waals surface area contributed by atoms with Crippen molar-refractivity contribution >= 4 is 23.1 Å². The van der Waals surface area contributed by atoms with E-state index in [0.29, 0.717) is 11.2 Å². The van der Waals surface area contributed by atoms with Crippen LogP contribution >= 0.6 is 11.6 Å². The van der Waals surface area contributed by atoms with Crippen molar-refractivity contribution in [3.8, 4) is 0 Å². The number of aromatic nitrogens is 3. The van der Waals surface area contributed by atoms with Gasteiger partial charge in [0.2, 0.25) is 5.95 Å². The van der Waals surface area contributed by atoms with Gasteiger partial charge in [0.1, 0.15) is 10.5 Å². The number of rotatable bonds is 3. The number of nitrogens with zero attached hydrogens (tertiary/aromatic N) is 3. The molecule has 21 heavy (non-hydrogen) atoms. The van der Waals surface area contributed by atoms with E-state index in [-0.39, 0.29) is 22.2 Å². The second kappa shape index (κ2) is 6.18. The average molecular weight is 313 g/mol. The Labute approximate surface area is 129 Å². The van der Waals surface area contributed by atoms with Gasteiger partial charge in [0.25, 0.3) is 0 Å². The predicted molar refractivity (Wildman–Crippen MR) is 84.2 cm³/mol. The second-order valence-corrected chi connectivity index (χ2v) is 5.90. The summed E-state index contributed by atoms with van der Waals surface area (Å²) in [7, 11) is 0. The molecule has 0 bridgehead atoms. The average Bonchev–Trinajstić information content (AvgIpc) is 3.23. The van der Waals surface area contributed by atoms with Crippen molar-refractivity contribution in [3.05, 3.63) is 22.7 Å². The lowest BCUT2D eigenvalue weighted by atomic mass is 9.99. The van der Waals surface area contributed by atoms with Crippen LogP contribution in [0.5, 0.6) is 0 Å². The van der Waals surface area contributed by atoms with E-state index in [4.69, 9.17) is 17.3 Å². The van der Waals surface area contributed by atoms with Gasteiger partial charge in [0.05, 0.1) is 11.9 Å². The van der Waals surface area contributed by atoms with Gasteiger partial charge in [-0.2, -0.15) is 0 Å². The number of nitrogen functional groups attached to an aromatic ring is 1. The van der Waals surface area contributed by atoms with Gasteiger partial charge in [-0.3, -0.25) is 0 Å². The first kappa shape index (κ1) is 16.0. The van der Waals surface area contributed by atoms with Gasteiger partial charge in [-0.05, 0) is 19.3 Å². The Morgan fingerprint density at radius 1 is 1.33 bits per heavy atom. The molecule has 2 aromatic rings. The van der Waals surface area contributed by atoms with Crippen molar-refractivity contribution < 1.29 is 4.39 Å². The molecule has 0 aliphatic heterocycles. The fraction of sp³-hybridized carbons (Fsp3) is 0.600. The number of halogens is 2. The van der Waals surface area contributed by atoms with Crippen LogP contribution in [0.3, 0.4) is 0 Å². The van der Waals surface area contributed by atoms with E-state index in [1.165, 1.54) is 23.6 Å². The largest absolute Gasteiger partial charge is 0.367 e. The molecular weight excluding hydrogens is 291 g/mol. The monoisotopic (exact) mass is 312 g/mol. The SMILES string of the molecule is CCC1(c2c(F)c(Cl)c3cnc(N)nn23)CC1.CCCC. The molecule has 0 amide bonds. The maximum Gasteiger partial charge on any atom is 0.238 e. The molecule has 2 heterocycles. The molecule has 0 saturated heterocycles. The molecule has 6 heteroatoms. The molecule has 1 saturated carbocycles. The lowest BCUT2D eigenvalue weighted by molar-refractivity contribution is 0.537. The van der Waals surface area contributed by atoms with Crippen LogP contribution in [0.4, 0.5) is 10.3 Å². The van der Waals surface area contributed by atoms with E-state index < -0.39 is 0 Å². The Kier molecular flexibility index (Phi) is 4.71. The molecule has 0 atom stereocenters. The molecule has 2 aromatic heterocycles. The van der Waals surface area contributed by atoms with Gasteiger partial charge in [0, 0.05) is 5.41 Å². The Hall–Kier alpha value is -1.36. The van der Waals surface area contributed by atoms with Crippen molar-refractivity contribution in [2.24, 2.45) is 0 Å². The van der Waals surface area contributed by atoms with Crippen molar-refractivity contribution in [2.75, 3.05) is 5.73 Å². The van der Waals surface area contributed by atoms with Gasteiger partial charge in [0.15, 0.2) is 5.82 Å². The van der Waals surface area contributed by atoms with E-state index in [9.17, 15) is 4.39 Å². The molecule has 3 rings (SSSR count). The molecule has 1 aliphatic rings. The number of fused-ring (bicyclic) bond motifs is 1. The first-order valence-corrected chi connectivity index (χ1v) is 7.87. The van der Waals surface area contributed by atoms with Gasteiger partial charge >= 0.3 is 0 Å². The minimum atomic E-state index is -0.383. The first-order chi connectivity index (χ1) is 10.0. The predicted octanol–water partition coefficient (Wildman–Crippen LogP) is 4.35. The summed E-state index contributed by atoms with van der Waals surface area (Å²) in [6.07, 6.45) is 6.90. The summed E-state index contributed by atoms with van der Waals surface area (Å²) in [5, 5.41) is 4.15. The van der Waals surface area contributed by atoms with Crippen LogP contribution in [0.2, 0.25) is 5.02 Å². The van der Waals surface area contributed by atoms with E-state index in [1.54, 1.807) is 0 Å². The molecule has 1 fully saturated rings. The number of hydrogen-bond acceptors (Lipinski definition) is 3. The molecule has 4 nitrogen and oxygen atoms in total. The van der Waals surface area contributed by atoms with Crippen molar-refractivity contribution in [1.29, 1.82) is 0 Å². The van der Waals surface area contributed by atoms with Crippen molar-refractivity contribution in [1.82, 2.24) is 14.6 Å². The third kappa shape index (κ3) is 2.84. The first-order valence-electron chi connectivity index (χ1n) is 7.49. The summed E-state index contributed by atoms with van der Waals surface area (Å²) in [4.78, 5) is 3.85. The molecule has 116 valence electrons. The van der Waals surface area contributed by atoms with Crippen LogP contribution in [0.1, 0.15) is 58.6 Å². The number of anilines is 1. The fourth-order valence-electron chi connectivity index (χ4n) is 2.36. The highest BCUT2D eigenvalue weighted by atomic mass is 35.5. The molecule has 0 aromatic carbocycles. The summed E-state index contributed by atoms with van der Waals surface area (Å²) < 4.78 is 15.7. The minimum Gasteiger partial charge on any atom is -0.367 e. The Morgan fingerprint density at radius 3 is 2.43 bits per heavy atom. The number of unbranched alkanes of at least 4 members (excludes halogenated alkanes) is 1. The smallest absolute Gasteiger partial charge is 0.238 e. The Morgan fingerprint density at radius 2 is 1.95 bits per heavy atom. The van der Waals surface area contributed by atoms with E-state index in [0.717, 1.165) is 19.3 Å². The third-order valence-corrected chi connectivity index (χ3v) is 4.48. The van der Waals surface area contributed by atoms with E-state index in [1.807, 2.05) is 6.92 Å². The molecule has 1 aliphatic carbocycles. The molecule has 0 spiro atoms. The van der Waals surface area contributed by atoms with Crippen LogP contribution in [0.15, 0.2) is 6.20 Å². The zero-order valence-electron chi connectivity index (χ0n) is 12.8. The molecule has 2 N–H and O–H groups in total. The topological polar surface area (TPSA) is 56.2 Å². The van der Waals surface area contributed by atoms with Gasteiger partial charge in [-0.15, -0.1) is 5.10 Å². The molecule has 0 radical (unpaired) electrons. The Bertz CT molecular complexity index is 632. The van der Waals surface area contributed by atoms with Gasteiger partial charge in [-0.25, -0.2) is 13.9 Å².